The van der Waals surface area contributed by atoms with E-state index in [1.165, 1.54) is 4.90 Å². The normalized spacial score (nSPS) is 28.2. The van der Waals surface area contributed by atoms with Gasteiger partial charge in [0, 0.05) is 13.0 Å². The number of aliphatic carboxylic acids is 1. The van der Waals surface area contributed by atoms with Crippen molar-refractivity contribution in [2.24, 2.45) is 17.8 Å². The van der Waals surface area contributed by atoms with Crippen molar-refractivity contribution in [1.29, 1.82) is 0 Å². The number of carboxylic acid groups (broad SMARTS) is 1. The molecule has 0 aromatic heterocycles. The predicted octanol–water partition coefficient (Wildman–Crippen LogP) is 2.44. The van der Waals surface area contributed by atoms with Crippen molar-refractivity contribution in [3.05, 3.63) is 0 Å². The van der Waals surface area contributed by atoms with Gasteiger partial charge in [0.1, 0.15) is 0 Å². The Morgan fingerprint density at radius 2 is 1.67 bits per heavy atom. The summed E-state index contributed by atoms with van der Waals surface area (Å²) in [6, 6.07) is 0. The molecule has 1 aliphatic heterocycles. The summed E-state index contributed by atoms with van der Waals surface area (Å²) in [4.78, 5) is 36.4. The van der Waals surface area contributed by atoms with Crippen molar-refractivity contribution in [3.8, 4) is 0 Å². The molecule has 0 aromatic rings. The van der Waals surface area contributed by atoms with E-state index in [1.54, 1.807) is 0 Å². The molecule has 1 saturated carbocycles. The van der Waals surface area contributed by atoms with E-state index in [0.29, 0.717) is 18.9 Å². The summed E-state index contributed by atoms with van der Waals surface area (Å²) in [7, 11) is 0. The fraction of sp³-hybridized carbons (Fsp3) is 0.812. The van der Waals surface area contributed by atoms with Crippen LogP contribution >= 0.6 is 0 Å². The molecule has 5 heteroatoms. The van der Waals surface area contributed by atoms with Crippen molar-refractivity contribution in [1.82, 2.24) is 4.90 Å². The van der Waals surface area contributed by atoms with Crippen LogP contribution in [0.4, 0.5) is 0 Å². The standard InChI is InChI=1S/C16H25NO4/c1-2-11-9-12-13(10-11)16(21)17(15(12)20)8-6-4-3-5-7-14(18)19/h11-13H,2-10H2,1H3,(H,18,19). The van der Waals surface area contributed by atoms with Gasteiger partial charge >= 0.3 is 5.97 Å². The summed E-state index contributed by atoms with van der Waals surface area (Å²) in [6.45, 7) is 2.63. The summed E-state index contributed by atoms with van der Waals surface area (Å²) in [5, 5.41) is 8.55. The lowest BCUT2D eigenvalue weighted by Gasteiger charge is -2.17. The summed E-state index contributed by atoms with van der Waals surface area (Å²) < 4.78 is 0. The first-order valence-corrected chi connectivity index (χ1v) is 8.11. The Morgan fingerprint density at radius 3 is 2.19 bits per heavy atom. The Labute approximate surface area is 125 Å². The van der Waals surface area contributed by atoms with Gasteiger partial charge in [0.15, 0.2) is 0 Å². The van der Waals surface area contributed by atoms with Crippen LogP contribution in [0, 0.1) is 17.8 Å². The largest absolute Gasteiger partial charge is 0.481 e. The number of likely N-dealkylation sites (tertiary alicyclic amines) is 1. The number of nitrogens with zero attached hydrogens (tertiary/aromatic N) is 1. The summed E-state index contributed by atoms with van der Waals surface area (Å²) in [5.41, 5.74) is 0. The van der Waals surface area contributed by atoms with Gasteiger partial charge in [-0.05, 0) is 31.6 Å². The van der Waals surface area contributed by atoms with Gasteiger partial charge < -0.3 is 5.11 Å². The number of hydrogen-bond acceptors (Lipinski definition) is 3. The fourth-order valence-corrected chi connectivity index (χ4v) is 3.65. The van der Waals surface area contributed by atoms with E-state index in [-0.39, 0.29) is 30.1 Å². The lowest BCUT2D eigenvalue weighted by Crippen LogP contribution is -2.33. The lowest BCUT2D eigenvalue weighted by molar-refractivity contribution is -0.140. The molecule has 1 N–H and O–H groups in total. The van der Waals surface area contributed by atoms with Crippen molar-refractivity contribution in [3.63, 3.8) is 0 Å². The molecule has 2 fully saturated rings. The SMILES string of the molecule is CCC1CC2C(=O)N(CCCCCCC(=O)O)C(=O)C2C1. The highest BCUT2D eigenvalue weighted by atomic mass is 16.4. The Balaban J connectivity index is 1.72. The number of hydrogen-bond donors (Lipinski definition) is 1. The van der Waals surface area contributed by atoms with Gasteiger partial charge in [-0.25, -0.2) is 0 Å². The zero-order valence-corrected chi connectivity index (χ0v) is 12.7. The van der Waals surface area contributed by atoms with Crippen LogP contribution in [-0.4, -0.2) is 34.3 Å². The van der Waals surface area contributed by atoms with Gasteiger partial charge in [-0.1, -0.05) is 26.2 Å². The third-order valence-corrected chi connectivity index (χ3v) is 4.93. The molecule has 5 nitrogen and oxygen atoms in total. The quantitative estimate of drug-likeness (QED) is 0.551. The van der Waals surface area contributed by atoms with Crippen molar-refractivity contribution >= 4 is 17.8 Å². The van der Waals surface area contributed by atoms with Crippen LogP contribution in [0.15, 0.2) is 0 Å². The van der Waals surface area contributed by atoms with Crippen LogP contribution in [0.1, 0.15) is 58.3 Å². The smallest absolute Gasteiger partial charge is 0.303 e. The van der Waals surface area contributed by atoms with E-state index in [0.717, 1.165) is 38.5 Å². The molecule has 2 rings (SSSR count). The number of carbonyl (C=O) groups is 3. The van der Waals surface area contributed by atoms with Crippen LogP contribution < -0.4 is 0 Å². The summed E-state index contributed by atoms with van der Waals surface area (Å²) >= 11 is 0. The van der Waals surface area contributed by atoms with Crippen LogP contribution in [0.3, 0.4) is 0 Å². The van der Waals surface area contributed by atoms with Crippen LogP contribution in [-0.2, 0) is 14.4 Å². The van der Waals surface area contributed by atoms with E-state index in [4.69, 9.17) is 5.11 Å². The number of unbranched alkanes of at least 4 members (excludes halogenated alkanes) is 3. The second-order valence-corrected chi connectivity index (χ2v) is 6.34. The third-order valence-electron chi connectivity index (χ3n) is 4.93. The maximum absolute atomic E-state index is 12.3. The minimum atomic E-state index is -0.766. The molecular weight excluding hydrogens is 270 g/mol. The molecule has 118 valence electrons. The molecule has 2 atom stereocenters. The maximum Gasteiger partial charge on any atom is 0.303 e. The molecule has 0 aromatic carbocycles. The molecule has 0 bridgehead atoms. The molecule has 2 aliphatic rings. The van der Waals surface area contributed by atoms with E-state index in [2.05, 4.69) is 6.92 Å². The summed E-state index contributed by atoms with van der Waals surface area (Å²) in [6.07, 6.45) is 6.17. The third kappa shape index (κ3) is 3.63. The minimum Gasteiger partial charge on any atom is -0.481 e. The first-order valence-electron chi connectivity index (χ1n) is 8.11. The first-order chi connectivity index (χ1) is 10.0. The van der Waals surface area contributed by atoms with Gasteiger partial charge in [-0.15, -0.1) is 0 Å². The molecule has 21 heavy (non-hydrogen) atoms. The highest BCUT2D eigenvalue weighted by Crippen LogP contribution is 2.44. The monoisotopic (exact) mass is 295 g/mol. The first kappa shape index (κ1) is 16.0. The topological polar surface area (TPSA) is 74.7 Å². The average Bonchev–Trinajstić information content (AvgIpc) is 2.96. The fourth-order valence-electron chi connectivity index (χ4n) is 3.65. The Bertz CT molecular complexity index is 397. The molecule has 0 spiro atoms. The second-order valence-electron chi connectivity index (χ2n) is 6.34. The molecule has 1 saturated heterocycles. The van der Waals surface area contributed by atoms with E-state index in [9.17, 15) is 14.4 Å². The molecule has 0 radical (unpaired) electrons. The number of amides is 2. The van der Waals surface area contributed by atoms with Crippen molar-refractivity contribution in [2.75, 3.05) is 6.54 Å². The summed E-state index contributed by atoms with van der Waals surface area (Å²) in [5.74, 6) is -0.286. The zero-order chi connectivity index (χ0) is 15.4. The van der Waals surface area contributed by atoms with Crippen LogP contribution in [0.5, 0.6) is 0 Å². The number of carbonyl (C=O) groups excluding carboxylic acids is 2. The van der Waals surface area contributed by atoms with E-state index in [1.807, 2.05) is 0 Å². The number of fused-ring (bicyclic) bond motifs is 1. The lowest BCUT2D eigenvalue weighted by atomic mass is 10.00. The van der Waals surface area contributed by atoms with Crippen molar-refractivity contribution < 1.29 is 19.5 Å². The van der Waals surface area contributed by atoms with Crippen molar-refractivity contribution in [2.45, 2.75) is 58.3 Å². The van der Waals surface area contributed by atoms with Gasteiger partial charge in [0.05, 0.1) is 11.8 Å². The van der Waals surface area contributed by atoms with Gasteiger partial charge in [-0.2, -0.15) is 0 Å². The molecule has 1 heterocycles. The zero-order valence-electron chi connectivity index (χ0n) is 12.7. The Kier molecular flexibility index (Phi) is 5.37. The molecule has 2 amide bonds. The number of carboxylic acids is 1. The van der Waals surface area contributed by atoms with Gasteiger partial charge in [0.2, 0.25) is 11.8 Å². The highest BCUT2D eigenvalue weighted by molar-refractivity contribution is 6.05. The van der Waals surface area contributed by atoms with E-state index >= 15 is 0 Å². The van der Waals surface area contributed by atoms with E-state index < -0.39 is 5.97 Å². The predicted molar refractivity (Wildman–Crippen MR) is 77.4 cm³/mol. The Morgan fingerprint density at radius 1 is 1.10 bits per heavy atom. The van der Waals surface area contributed by atoms with Gasteiger partial charge in [-0.3, -0.25) is 19.3 Å². The van der Waals surface area contributed by atoms with Gasteiger partial charge in [0.25, 0.3) is 0 Å². The highest BCUT2D eigenvalue weighted by Gasteiger charge is 2.51. The second kappa shape index (κ2) is 7.05. The maximum atomic E-state index is 12.3. The van der Waals surface area contributed by atoms with Crippen LogP contribution in [0.2, 0.25) is 0 Å². The molecule has 1 aliphatic carbocycles. The number of rotatable bonds is 8. The number of imide groups is 1. The Hall–Kier alpha value is -1.39. The molecule has 2 unspecified atom stereocenters. The average molecular weight is 295 g/mol. The molecular formula is C16H25NO4. The van der Waals surface area contributed by atoms with Crippen LogP contribution in [0.25, 0.3) is 0 Å². The minimum absolute atomic E-state index is 0.0338.